The zero-order valence-electron chi connectivity index (χ0n) is 32.3. The fraction of sp³-hybridized carbons (Fsp3) is 0.676. The monoisotopic (exact) mass is 712 g/mol. The highest BCUT2D eigenvalue weighted by atomic mass is 79.9. The summed E-state index contributed by atoms with van der Waals surface area (Å²) < 4.78 is 37.1. The van der Waals surface area contributed by atoms with E-state index in [1.54, 1.807) is 0 Å². The van der Waals surface area contributed by atoms with E-state index in [0.29, 0.717) is 11.8 Å². The van der Waals surface area contributed by atoms with Gasteiger partial charge in [0.25, 0.3) is 0 Å². The van der Waals surface area contributed by atoms with Gasteiger partial charge in [-0.15, -0.1) is 0 Å². The standard InChI is InChI=1S/C15H22BBrO2.C12H24B2O4.C10H14/c1-10(2)11-7-12(9-13(17)8-11)16-18-14(3,4)15(5,6)19-16;1-9(2)10(3,4)16-13(15-9)14-17-11(5,6)12(7,8)18-14;1-8(2)10-6-4-5-9(3)7-10/h7-10H,1-6H3;1-8H3;4-8H,1-3H3. The zero-order valence-corrected chi connectivity index (χ0v) is 33.8. The molecule has 3 aliphatic heterocycles. The molecule has 3 fully saturated rings. The fourth-order valence-corrected chi connectivity index (χ4v) is 5.64. The molecule has 0 amide bonds. The quantitative estimate of drug-likeness (QED) is 0.295. The Morgan fingerprint density at radius 1 is 0.511 bits per heavy atom. The van der Waals surface area contributed by atoms with Crippen LogP contribution in [0.15, 0.2) is 46.9 Å². The predicted octanol–water partition coefficient (Wildman–Crippen LogP) is 9.24. The Kier molecular flexibility index (Phi) is 12.2. The summed E-state index contributed by atoms with van der Waals surface area (Å²) in [4.78, 5) is 0. The third-order valence-electron chi connectivity index (χ3n) is 10.6. The Labute approximate surface area is 296 Å². The van der Waals surface area contributed by atoms with Crippen LogP contribution < -0.4 is 5.46 Å². The van der Waals surface area contributed by atoms with Gasteiger partial charge < -0.3 is 27.9 Å². The van der Waals surface area contributed by atoms with E-state index in [0.717, 1.165) is 9.94 Å². The van der Waals surface area contributed by atoms with Gasteiger partial charge in [0, 0.05) is 4.47 Å². The summed E-state index contributed by atoms with van der Waals surface area (Å²) in [6, 6.07) is 15.1. The highest BCUT2D eigenvalue weighted by Crippen LogP contribution is 2.43. The van der Waals surface area contributed by atoms with Gasteiger partial charge in [0.1, 0.15) is 0 Å². The van der Waals surface area contributed by atoms with Crippen LogP contribution in [0, 0.1) is 6.92 Å². The Balaban J connectivity index is 0.000000201. The lowest BCUT2D eigenvalue weighted by molar-refractivity contribution is 0.00578. The number of aryl methyl sites for hydroxylation is 1. The first-order valence-electron chi connectivity index (χ1n) is 17.1. The van der Waals surface area contributed by atoms with Crippen LogP contribution in [-0.4, -0.2) is 54.7 Å². The Bertz CT molecular complexity index is 1290. The van der Waals surface area contributed by atoms with Crippen LogP contribution in [0.4, 0.5) is 0 Å². The first kappa shape index (κ1) is 40.3. The summed E-state index contributed by atoms with van der Waals surface area (Å²) in [7, 11) is -1.24. The summed E-state index contributed by atoms with van der Waals surface area (Å²) in [5, 5.41) is 0. The van der Waals surface area contributed by atoms with Gasteiger partial charge in [0.15, 0.2) is 0 Å². The fourth-order valence-electron chi connectivity index (χ4n) is 5.11. The summed E-state index contributed by atoms with van der Waals surface area (Å²) in [6.07, 6.45) is 0. The van der Waals surface area contributed by atoms with Crippen molar-refractivity contribution in [3.05, 3.63) is 63.6 Å². The van der Waals surface area contributed by atoms with E-state index in [-0.39, 0.29) is 40.7 Å². The minimum absolute atomic E-state index is 0.292. The molecular weight excluding hydrogens is 653 g/mol. The molecule has 47 heavy (non-hydrogen) atoms. The van der Waals surface area contributed by atoms with E-state index < -0.39 is 14.0 Å². The van der Waals surface area contributed by atoms with Gasteiger partial charge in [-0.05, 0) is 131 Å². The zero-order chi connectivity index (χ0) is 36.0. The van der Waals surface area contributed by atoms with Gasteiger partial charge >= 0.3 is 21.1 Å². The van der Waals surface area contributed by atoms with E-state index in [2.05, 4.69) is 121 Å². The van der Waals surface area contributed by atoms with Crippen LogP contribution in [0.25, 0.3) is 0 Å². The second kappa shape index (κ2) is 14.2. The minimum atomic E-state index is -0.476. The molecular formula is C37H60B3BrO6. The molecule has 2 aromatic rings. The lowest BCUT2D eigenvalue weighted by atomic mass is 9.49. The van der Waals surface area contributed by atoms with Crippen molar-refractivity contribution in [1.29, 1.82) is 0 Å². The van der Waals surface area contributed by atoms with E-state index in [1.165, 1.54) is 16.7 Å². The Morgan fingerprint density at radius 2 is 0.894 bits per heavy atom. The number of hydrogen-bond donors (Lipinski definition) is 0. The van der Waals surface area contributed by atoms with Crippen molar-refractivity contribution in [2.24, 2.45) is 0 Å². The van der Waals surface area contributed by atoms with E-state index in [4.69, 9.17) is 27.9 Å². The maximum Gasteiger partial charge on any atom is 0.494 e. The van der Waals surface area contributed by atoms with E-state index in [1.807, 2.05) is 55.4 Å². The second-order valence-corrected chi connectivity index (χ2v) is 17.8. The van der Waals surface area contributed by atoms with Crippen molar-refractivity contribution >= 4 is 42.5 Å². The molecule has 5 rings (SSSR count). The predicted molar refractivity (Wildman–Crippen MR) is 201 cm³/mol. The molecule has 260 valence electrons. The largest absolute Gasteiger partial charge is 0.494 e. The van der Waals surface area contributed by atoms with Crippen LogP contribution in [0.1, 0.15) is 139 Å². The molecule has 0 spiro atoms. The molecule has 3 saturated heterocycles. The minimum Gasteiger partial charge on any atom is -0.405 e. The molecule has 0 bridgehead atoms. The summed E-state index contributed by atoms with van der Waals surface area (Å²) in [6.45, 7) is 35.5. The molecule has 2 aromatic carbocycles. The van der Waals surface area contributed by atoms with Crippen molar-refractivity contribution in [3.8, 4) is 0 Å². The summed E-state index contributed by atoms with van der Waals surface area (Å²) >= 11 is 3.57. The second-order valence-electron chi connectivity index (χ2n) is 16.9. The first-order valence-corrected chi connectivity index (χ1v) is 17.9. The van der Waals surface area contributed by atoms with Gasteiger partial charge in [-0.3, -0.25) is 0 Å². The van der Waals surface area contributed by atoms with E-state index in [9.17, 15) is 0 Å². The van der Waals surface area contributed by atoms with Gasteiger partial charge in [0.2, 0.25) is 0 Å². The smallest absolute Gasteiger partial charge is 0.405 e. The van der Waals surface area contributed by atoms with Crippen LogP contribution in [0.3, 0.4) is 0 Å². The molecule has 6 nitrogen and oxygen atoms in total. The molecule has 0 atom stereocenters. The van der Waals surface area contributed by atoms with Crippen molar-refractivity contribution in [3.63, 3.8) is 0 Å². The van der Waals surface area contributed by atoms with Crippen LogP contribution in [0.5, 0.6) is 0 Å². The van der Waals surface area contributed by atoms with Gasteiger partial charge in [-0.2, -0.15) is 0 Å². The Hall–Kier alpha value is -1.13. The van der Waals surface area contributed by atoms with Crippen molar-refractivity contribution in [2.45, 2.75) is 163 Å². The lowest BCUT2D eigenvalue weighted by Gasteiger charge is -2.32. The highest BCUT2D eigenvalue weighted by Gasteiger charge is 2.63. The molecule has 10 heteroatoms. The van der Waals surface area contributed by atoms with Crippen LogP contribution in [0.2, 0.25) is 0 Å². The molecule has 0 saturated carbocycles. The third kappa shape index (κ3) is 9.36. The van der Waals surface area contributed by atoms with Crippen LogP contribution in [-0.2, 0) is 27.9 Å². The summed E-state index contributed by atoms with van der Waals surface area (Å²) in [5.74, 6) is 1.14. The van der Waals surface area contributed by atoms with Gasteiger partial charge in [0.05, 0.1) is 33.6 Å². The van der Waals surface area contributed by atoms with Crippen molar-refractivity contribution < 1.29 is 27.9 Å². The van der Waals surface area contributed by atoms with Crippen molar-refractivity contribution in [2.75, 3.05) is 0 Å². The molecule has 0 unspecified atom stereocenters. The molecule has 0 N–H and O–H groups in total. The van der Waals surface area contributed by atoms with Crippen LogP contribution >= 0.6 is 15.9 Å². The van der Waals surface area contributed by atoms with Gasteiger partial charge in [-0.1, -0.05) is 79.5 Å². The van der Waals surface area contributed by atoms with Crippen molar-refractivity contribution in [1.82, 2.24) is 0 Å². The van der Waals surface area contributed by atoms with Gasteiger partial charge in [-0.25, -0.2) is 0 Å². The maximum atomic E-state index is 6.10. The number of halogens is 1. The number of benzene rings is 2. The lowest BCUT2D eigenvalue weighted by Crippen LogP contribution is -2.41. The Morgan fingerprint density at radius 3 is 1.23 bits per heavy atom. The summed E-state index contributed by atoms with van der Waals surface area (Å²) in [5.41, 5.74) is 3.13. The molecule has 0 aliphatic carbocycles. The molecule has 3 aliphatic rings. The van der Waals surface area contributed by atoms with E-state index >= 15 is 0 Å². The molecule has 0 radical (unpaired) electrons. The normalized spacial score (nSPS) is 23.0. The third-order valence-corrected chi connectivity index (χ3v) is 11.1. The highest BCUT2D eigenvalue weighted by molar-refractivity contribution is 9.10. The number of hydrogen-bond acceptors (Lipinski definition) is 6. The maximum absolute atomic E-state index is 6.10. The molecule has 3 heterocycles. The average molecular weight is 713 g/mol. The first-order chi connectivity index (χ1) is 21.2. The average Bonchev–Trinajstić information content (AvgIpc) is 3.38. The topological polar surface area (TPSA) is 55.4 Å². The SMILES string of the molecule is CC(C)c1cc(Br)cc(B2OC(C)(C)C(C)(C)O2)c1.CC1(C)OB(B2OC(C)(C)C(C)(C)O2)OC1(C)C.Cc1cccc(C(C)C)c1. The number of rotatable bonds is 4. The molecule has 0 aromatic heterocycles.